The summed E-state index contributed by atoms with van der Waals surface area (Å²) in [6.45, 7) is 3.95. The van der Waals surface area contributed by atoms with Crippen molar-refractivity contribution in [2.24, 2.45) is 0 Å². The maximum Gasteiger partial charge on any atom is 0.338 e. The first kappa shape index (κ1) is 18.2. The minimum atomic E-state index is -0.600. The summed E-state index contributed by atoms with van der Waals surface area (Å²) in [5.41, 5.74) is 2.98. The van der Waals surface area contributed by atoms with Crippen molar-refractivity contribution in [2.75, 3.05) is 6.61 Å². The number of hydrogen-bond acceptors (Lipinski definition) is 5. The third kappa shape index (κ3) is 3.98. The number of Topliss-reactive ketones (excluding diaryl/α,β-unsaturated/α-hetero) is 1. The van der Waals surface area contributed by atoms with Crippen LogP contribution in [0.3, 0.4) is 0 Å². The highest BCUT2D eigenvalue weighted by Crippen LogP contribution is 2.18. The van der Waals surface area contributed by atoms with E-state index in [1.807, 2.05) is 36.6 Å². The smallest absolute Gasteiger partial charge is 0.338 e. The molecule has 0 saturated carbocycles. The lowest BCUT2D eigenvalue weighted by atomic mass is 10.1. The van der Waals surface area contributed by atoms with Crippen LogP contribution in [0.5, 0.6) is 0 Å². The third-order valence-electron chi connectivity index (χ3n) is 4.35. The molecule has 2 heterocycles. The summed E-state index contributed by atoms with van der Waals surface area (Å²) in [5, 5.41) is 8.78. The van der Waals surface area contributed by atoms with Gasteiger partial charge in [0.15, 0.2) is 6.61 Å². The number of benzene rings is 1. The molecule has 2 aromatic heterocycles. The van der Waals surface area contributed by atoms with E-state index in [0.29, 0.717) is 23.2 Å². The number of hydrogen-bond donors (Lipinski definition) is 0. The number of furan rings is 1. The van der Waals surface area contributed by atoms with E-state index in [4.69, 9.17) is 14.4 Å². The Morgan fingerprint density at radius 2 is 1.93 bits per heavy atom. The first-order chi connectivity index (χ1) is 13.0. The van der Waals surface area contributed by atoms with Crippen LogP contribution in [0, 0.1) is 25.2 Å². The maximum atomic E-state index is 12.5. The molecule has 0 atom stereocenters. The second-order valence-electron chi connectivity index (χ2n) is 6.14. The van der Waals surface area contributed by atoms with Gasteiger partial charge in [0.2, 0.25) is 5.78 Å². The Hall–Kier alpha value is -3.59. The summed E-state index contributed by atoms with van der Waals surface area (Å²) in [5.74, 6) is -0.0731. The number of carbonyl (C=O) groups excluding carboxylic acids is 2. The Morgan fingerprint density at radius 3 is 2.56 bits per heavy atom. The molecule has 3 aromatic rings. The molecule has 27 heavy (non-hydrogen) atoms. The van der Waals surface area contributed by atoms with Crippen LogP contribution in [0.2, 0.25) is 0 Å². The predicted octanol–water partition coefficient (Wildman–Crippen LogP) is 3.66. The fourth-order valence-corrected chi connectivity index (χ4v) is 2.86. The molecule has 0 aliphatic carbocycles. The van der Waals surface area contributed by atoms with E-state index in [2.05, 4.69) is 0 Å². The Morgan fingerprint density at radius 1 is 1.19 bits per heavy atom. The molecule has 0 spiro atoms. The van der Waals surface area contributed by atoms with Gasteiger partial charge >= 0.3 is 5.97 Å². The lowest BCUT2D eigenvalue weighted by Crippen LogP contribution is -2.15. The van der Waals surface area contributed by atoms with Crippen molar-refractivity contribution in [2.45, 2.75) is 20.4 Å². The van der Waals surface area contributed by atoms with E-state index < -0.39 is 5.97 Å². The number of carbonyl (C=O) groups is 2. The van der Waals surface area contributed by atoms with Gasteiger partial charge in [-0.15, -0.1) is 0 Å². The number of aromatic nitrogens is 1. The molecule has 1 aromatic carbocycles. The molecule has 0 aliphatic rings. The molecule has 0 saturated heterocycles. The molecule has 6 heteroatoms. The highest BCUT2D eigenvalue weighted by molar-refractivity contribution is 6.00. The van der Waals surface area contributed by atoms with E-state index in [9.17, 15) is 9.59 Å². The van der Waals surface area contributed by atoms with Gasteiger partial charge in [-0.25, -0.2) is 4.79 Å². The second kappa shape index (κ2) is 7.75. The first-order valence-corrected chi connectivity index (χ1v) is 8.39. The van der Waals surface area contributed by atoms with Crippen LogP contribution >= 0.6 is 0 Å². The lowest BCUT2D eigenvalue weighted by Gasteiger charge is -2.08. The van der Waals surface area contributed by atoms with Crippen LogP contribution in [0.1, 0.15) is 43.4 Å². The van der Waals surface area contributed by atoms with E-state index in [1.54, 1.807) is 12.3 Å². The van der Waals surface area contributed by atoms with Gasteiger partial charge < -0.3 is 13.7 Å². The van der Waals surface area contributed by atoms with Crippen molar-refractivity contribution in [3.8, 4) is 6.07 Å². The molecule has 0 fully saturated rings. The summed E-state index contributed by atoms with van der Waals surface area (Å²) in [4.78, 5) is 24.6. The Bertz CT molecular complexity index is 1010. The molecule has 3 rings (SSSR count). The minimum absolute atomic E-state index is 0.268. The summed E-state index contributed by atoms with van der Waals surface area (Å²) in [6, 6.07) is 13.5. The Labute approximate surface area is 156 Å². The zero-order valence-corrected chi connectivity index (χ0v) is 15.1. The minimum Gasteiger partial charge on any atom is -0.467 e. The number of ether oxygens (including phenoxy) is 1. The van der Waals surface area contributed by atoms with E-state index in [-0.39, 0.29) is 12.4 Å². The normalized spacial score (nSPS) is 10.4. The quantitative estimate of drug-likeness (QED) is 0.493. The van der Waals surface area contributed by atoms with Crippen molar-refractivity contribution >= 4 is 11.8 Å². The van der Waals surface area contributed by atoms with Gasteiger partial charge in [0.1, 0.15) is 5.76 Å². The average Bonchev–Trinajstić information content (AvgIpc) is 3.29. The van der Waals surface area contributed by atoms with Crippen molar-refractivity contribution in [3.63, 3.8) is 0 Å². The third-order valence-corrected chi connectivity index (χ3v) is 4.35. The zero-order valence-electron chi connectivity index (χ0n) is 15.1. The fourth-order valence-electron chi connectivity index (χ4n) is 2.86. The highest BCUT2D eigenvalue weighted by Gasteiger charge is 2.18. The SMILES string of the molecule is Cc1cc(C(=O)COC(=O)c2ccc(C#N)cc2)c(C)n1Cc1ccco1. The zero-order chi connectivity index (χ0) is 19.4. The van der Waals surface area contributed by atoms with Crippen molar-refractivity contribution < 1.29 is 18.7 Å². The molecule has 0 aliphatic heterocycles. The van der Waals surface area contributed by atoms with Gasteiger partial charge in [-0.1, -0.05) is 0 Å². The average molecular weight is 362 g/mol. The molecular weight excluding hydrogens is 344 g/mol. The highest BCUT2D eigenvalue weighted by atomic mass is 16.5. The van der Waals surface area contributed by atoms with Gasteiger partial charge in [0.05, 0.1) is 30.0 Å². The largest absolute Gasteiger partial charge is 0.467 e. The van der Waals surface area contributed by atoms with Gasteiger partial charge in [-0.05, 0) is 56.3 Å². The molecular formula is C21H18N2O4. The van der Waals surface area contributed by atoms with Crippen LogP contribution in [0.4, 0.5) is 0 Å². The van der Waals surface area contributed by atoms with Crippen LogP contribution in [-0.4, -0.2) is 22.9 Å². The maximum absolute atomic E-state index is 12.5. The number of ketones is 1. The number of aryl methyl sites for hydroxylation is 1. The van der Waals surface area contributed by atoms with Gasteiger partial charge in [0.25, 0.3) is 0 Å². The van der Waals surface area contributed by atoms with Gasteiger partial charge in [-0.3, -0.25) is 4.79 Å². The molecule has 0 amide bonds. The molecule has 6 nitrogen and oxygen atoms in total. The van der Waals surface area contributed by atoms with Crippen molar-refractivity contribution in [1.29, 1.82) is 5.26 Å². The number of esters is 1. The summed E-state index contributed by atoms with van der Waals surface area (Å²) < 4.78 is 12.5. The monoisotopic (exact) mass is 362 g/mol. The first-order valence-electron chi connectivity index (χ1n) is 8.39. The van der Waals surface area contributed by atoms with Gasteiger partial charge in [-0.2, -0.15) is 5.26 Å². The number of nitrogens with zero attached hydrogens (tertiary/aromatic N) is 2. The van der Waals surface area contributed by atoms with Crippen LogP contribution in [0.25, 0.3) is 0 Å². The molecule has 136 valence electrons. The lowest BCUT2D eigenvalue weighted by molar-refractivity contribution is 0.0474. The van der Waals surface area contributed by atoms with Crippen LogP contribution < -0.4 is 0 Å². The summed E-state index contributed by atoms with van der Waals surface area (Å²) in [6.07, 6.45) is 1.61. The van der Waals surface area contributed by atoms with Gasteiger partial charge in [0, 0.05) is 17.0 Å². The van der Waals surface area contributed by atoms with Crippen molar-refractivity contribution in [3.05, 3.63) is 82.6 Å². The topological polar surface area (TPSA) is 85.2 Å². The van der Waals surface area contributed by atoms with Crippen molar-refractivity contribution in [1.82, 2.24) is 4.57 Å². The Kier molecular flexibility index (Phi) is 5.23. The van der Waals surface area contributed by atoms with E-state index in [1.165, 1.54) is 24.3 Å². The Balaban J connectivity index is 1.67. The number of rotatable bonds is 6. The van der Waals surface area contributed by atoms with E-state index >= 15 is 0 Å². The molecule has 0 bridgehead atoms. The second-order valence-corrected chi connectivity index (χ2v) is 6.14. The van der Waals surface area contributed by atoms with Crippen LogP contribution in [-0.2, 0) is 11.3 Å². The molecule has 0 N–H and O–H groups in total. The number of nitriles is 1. The summed E-state index contributed by atoms with van der Waals surface area (Å²) in [7, 11) is 0. The fraction of sp³-hybridized carbons (Fsp3) is 0.190. The van der Waals surface area contributed by atoms with Crippen LogP contribution in [0.15, 0.2) is 53.1 Å². The van der Waals surface area contributed by atoms with E-state index in [0.717, 1.165) is 17.1 Å². The molecule has 0 unspecified atom stereocenters. The molecule has 0 radical (unpaired) electrons. The summed E-state index contributed by atoms with van der Waals surface area (Å²) >= 11 is 0. The predicted molar refractivity (Wildman–Crippen MR) is 97.5 cm³/mol. The standard InChI is InChI=1S/C21H18N2O4/c1-14-10-19(15(2)23(14)12-18-4-3-9-26-18)20(24)13-27-21(25)17-7-5-16(11-22)6-8-17/h3-10H,12-13H2,1-2H3.